The molecule has 2 aromatic heterocycles. The quantitative estimate of drug-likeness (QED) is 0.706. The first-order valence-corrected chi connectivity index (χ1v) is 9.49. The predicted molar refractivity (Wildman–Crippen MR) is 113 cm³/mol. The Kier molecular flexibility index (Phi) is 5.24. The van der Waals surface area contributed by atoms with Crippen LogP contribution in [0.3, 0.4) is 0 Å². The third kappa shape index (κ3) is 4.30. The number of aromatic nitrogens is 3. The van der Waals surface area contributed by atoms with E-state index < -0.39 is 0 Å². The Morgan fingerprint density at radius 1 is 1.11 bits per heavy atom. The monoisotopic (exact) mass is 365 g/mol. The van der Waals surface area contributed by atoms with Gasteiger partial charge in [0.05, 0.1) is 5.69 Å². The first kappa shape index (κ1) is 19.4. The van der Waals surface area contributed by atoms with E-state index in [-0.39, 0.29) is 5.41 Å². The maximum Gasteiger partial charge on any atom is 0.158 e. The van der Waals surface area contributed by atoms with Crippen LogP contribution in [0.25, 0.3) is 16.9 Å². The Morgan fingerprint density at radius 3 is 2.52 bits per heavy atom. The van der Waals surface area contributed by atoms with Crippen molar-refractivity contribution in [2.75, 3.05) is 32.5 Å². The zero-order valence-corrected chi connectivity index (χ0v) is 17.6. The van der Waals surface area contributed by atoms with Gasteiger partial charge in [0.15, 0.2) is 5.65 Å². The average Bonchev–Trinajstić information content (AvgIpc) is 2.97. The number of aryl methyl sites for hydroxylation is 2. The highest BCUT2D eigenvalue weighted by atomic mass is 15.3. The van der Waals surface area contributed by atoms with Crippen LogP contribution in [-0.2, 0) is 0 Å². The maximum absolute atomic E-state index is 4.87. The molecule has 0 atom stereocenters. The molecule has 0 fully saturated rings. The smallest absolute Gasteiger partial charge is 0.158 e. The van der Waals surface area contributed by atoms with Crippen LogP contribution in [0.5, 0.6) is 0 Å². The number of fused-ring (bicyclic) bond motifs is 1. The van der Waals surface area contributed by atoms with E-state index in [1.54, 1.807) is 0 Å². The molecule has 0 spiro atoms. The molecule has 0 amide bonds. The summed E-state index contributed by atoms with van der Waals surface area (Å²) in [6.45, 7) is 12.7. The second-order valence-corrected chi connectivity index (χ2v) is 8.60. The summed E-state index contributed by atoms with van der Waals surface area (Å²) in [5.74, 6) is 1.03. The molecule has 5 heteroatoms. The standard InChI is InChI=1S/C22H31N5/c1-15-9-8-10-18(11-15)19-12-20-24-17(3)16(2)21(27(20)25-19)23-13-22(4,5)14-26(6)7/h8-12,23H,13-14H2,1-7H3. The van der Waals surface area contributed by atoms with E-state index >= 15 is 0 Å². The molecule has 0 unspecified atom stereocenters. The van der Waals surface area contributed by atoms with Gasteiger partial charge in [0.2, 0.25) is 0 Å². The Bertz CT molecular complexity index is 953. The van der Waals surface area contributed by atoms with Gasteiger partial charge in [-0.2, -0.15) is 9.61 Å². The molecule has 1 N–H and O–H groups in total. The van der Waals surface area contributed by atoms with E-state index in [1.165, 1.54) is 5.56 Å². The fraction of sp³-hybridized carbons (Fsp3) is 0.455. The SMILES string of the molecule is Cc1cccc(-c2cc3nc(C)c(C)c(NCC(C)(C)CN(C)C)n3n2)c1. The number of nitrogens with zero attached hydrogens (tertiary/aromatic N) is 4. The zero-order valence-electron chi connectivity index (χ0n) is 17.6. The molecule has 0 saturated heterocycles. The van der Waals surface area contributed by atoms with Gasteiger partial charge in [0, 0.05) is 36.0 Å². The summed E-state index contributed by atoms with van der Waals surface area (Å²) in [4.78, 5) is 6.98. The van der Waals surface area contributed by atoms with Crippen molar-refractivity contribution in [3.05, 3.63) is 47.2 Å². The topological polar surface area (TPSA) is 45.5 Å². The second kappa shape index (κ2) is 7.31. The number of nitrogens with one attached hydrogen (secondary N) is 1. The van der Waals surface area contributed by atoms with Crippen molar-refractivity contribution in [3.8, 4) is 11.3 Å². The van der Waals surface area contributed by atoms with Crippen molar-refractivity contribution in [1.29, 1.82) is 0 Å². The third-order valence-corrected chi connectivity index (χ3v) is 4.88. The molecular weight excluding hydrogens is 334 g/mol. The molecule has 0 aliphatic heterocycles. The molecule has 0 saturated carbocycles. The molecule has 0 radical (unpaired) electrons. The molecule has 144 valence electrons. The molecular formula is C22H31N5. The Labute approximate surface area is 162 Å². The van der Waals surface area contributed by atoms with Crippen molar-refractivity contribution < 1.29 is 0 Å². The van der Waals surface area contributed by atoms with Gasteiger partial charge in [0.25, 0.3) is 0 Å². The van der Waals surface area contributed by atoms with Crippen LogP contribution < -0.4 is 5.32 Å². The highest BCUT2D eigenvalue weighted by molar-refractivity contribution is 5.67. The van der Waals surface area contributed by atoms with Crippen molar-refractivity contribution in [1.82, 2.24) is 19.5 Å². The van der Waals surface area contributed by atoms with E-state index in [1.807, 2.05) is 4.52 Å². The number of benzene rings is 1. The summed E-state index contributed by atoms with van der Waals surface area (Å²) in [6, 6.07) is 10.5. The van der Waals surface area contributed by atoms with E-state index in [2.05, 4.69) is 89.3 Å². The molecule has 0 aliphatic carbocycles. The molecule has 1 aromatic carbocycles. The van der Waals surface area contributed by atoms with Crippen molar-refractivity contribution in [3.63, 3.8) is 0 Å². The van der Waals surface area contributed by atoms with Crippen LogP contribution in [0.15, 0.2) is 30.3 Å². The van der Waals surface area contributed by atoms with E-state index in [0.717, 1.165) is 47.1 Å². The second-order valence-electron chi connectivity index (χ2n) is 8.60. The first-order valence-electron chi connectivity index (χ1n) is 9.49. The summed E-state index contributed by atoms with van der Waals surface area (Å²) in [5.41, 5.74) is 6.50. The minimum Gasteiger partial charge on any atom is -0.369 e. The summed E-state index contributed by atoms with van der Waals surface area (Å²) in [7, 11) is 4.23. The van der Waals surface area contributed by atoms with E-state index in [0.29, 0.717) is 0 Å². The van der Waals surface area contributed by atoms with Gasteiger partial charge in [-0.25, -0.2) is 4.98 Å². The van der Waals surface area contributed by atoms with Gasteiger partial charge >= 0.3 is 0 Å². The summed E-state index contributed by atoms with van der Waals surface area (Å²) in [6.07, 6.45) is 0. The van der Waals surface area contributed by atoms with Gasteiger partial charge in [-0.05, 0) is 46.3 Å². The van der Waals surface area contributed by atoms with Crippen molar-refractivity contribution >= 4 is 11.5 Å². The lowest BCUT2D eigenvalue weighted by Gasteiger charge is -2.29. The number of hydrogen-bond acceptors (Lipinski definition) is 4. The molecule has 0 bridgehead atoms. The normalized spacial score (nSPS) is 12.1. The fourth-order valence-corrected chi connectivity index (χ4v) is 3.59. The van der Waals surface area contributed by atoms with Crippen molar-refractivity contribution in [2.24, 2.45) is 5.41 Å². The van der Waals surface area contributed by atoms with E-state index in [9.17, 15) is 0 Å². The van der Waals surface area contributed by atoms with Gasteiger partial charge in [0.1, 0.15) is 5.82 Å². The number of anilines is 1. The minimum absolute atomic E-state index is 0.145. The van der Waals surface area contributed by atoms with Crippen LogP contribution in [0.1, 0.15) is 30.7 Å². The lowest BCUT2D eigenvalue weighted by molar-refractivity contribution is 0.254. The highest BCUT2D eigenvalue weighted by Crippen LogP contribution is 2.26. The molecule has 2 heterocycles. The fourth-order valence-electron chi connectivity index (χ4n) is 3.59. The lowest BCUT2D eigenvalue weighted by Crippen LogP contribution is -2.35. The lowest BCUT2D eigenvalue weighted by atomic mass is 9.93. The largest absolute Gasteiger partial charge is 0.369 e. The first-order chi connectivity index (χ1) is 12.7. The van der Waals surface area contributed by atoms with Crippen LogP contribution in [-0.4, -0.2) is 46.7 Å². The van der Waals surface area contributed by atoms with Crippen LogP contribution in [0, 0.1) is 26.2 Å². The number of rotatable bonds is 6. The minimum atomic E-state index is 0.145. The molecule has 3 rings (SSSR count). The Balaban J connectivity index is 2.00. The maximum atomic E-state index is 4.87. The Morgan fingerprint density at radius 2 is 1.85 bits per heavy atom. The molecule has 3 aromatic rings. The summed E-state index contributed by atoms with van der Waals surface area (Å²) < 4.78 is 1.95. The molecule has 0 aliphatic rings. The highest BCUT2D eigenvalue weighted by Gasteiger charge is 2.21. The van der Waals surface area contributed by atoms with Gasteiger partial charge in [-0.1, -0.05) is 37.6 Å². The van der Waals surface area contributed by atoms with Crippen LogP contribution in [0.4, 0.5) is 5.82 Å². The van der Waals surface area contributed by atoms with Crippen LogP contribution >= 0.6 is 0 Å². The van der Waals surface area contributed by atoms with E-state index in [4.69, 9.17) is 10.1 Å². The molecule has 27 heavy (non-hydrogen) atoms. The van der Waals surface area contributed by atoms with Crippen molar-refractivity contribution in [2.45, 2.75) is 34.6 Å². The van der Waals surface area contributed by atoms with Gasteiger partial charge in [-0.3, -0.25) is 0 Å². The average molecular weight is 366 g/mol. The predicted octanol–water partition coefficient (Wildman–Crippen LogP) is 4.32. The third-order valence-electron chi connectivity index (χ3n) is 4.88. The molecule has 5 nitrogen and oxygen atoms in total. The van der Waals surface area contributed by atoms with Gasteiger partial charge in [-0.15, -0.1) is 0 Å². The number of hydrogen-bond donors (Lipinski definition) is 1. The zero-order chi connectivity index (χ0) is 19.8. The Hall–Kier alpha value is -2.40. The summed E-state index contributed by atoms with van der Waals surface area (Å²) in [5, 5.41) is 8.52. The van der Waals surface area contributed by atoms with Gasteiger partial charge < -0.3 is 10.2 Å². The summed E-state index contributed by atoms with van der Waals surface area (Å²) >= 11 is 0. The van der Waals surface area contributed by atoms with Crippen LogP contribution in [0.2, 0.25) is 0 Å².